The second-order valence-electron chi connectivity index (χ2n) is 6.80. The second kappa shape index (κ2) is 5.71. The van der Waals surface area contributed by atoms with Crippen LogP contribution in [0.3, 0.4) is 0 Å². The molecule has 2 aliphatic rings. The Morgan fingerprint density at radius 1 is 1.24 bits per heavy atom. The minimum atomic E-state index is 0.513. The van der Waals surface area contributed by atoms with Crippen LogP contribution in [0, 0.1) is 11.3 Å². The monoisotopic (exact) mass is 238 g/mol. The number of nitrogens with zero attached hydrogens (tertiary/aromatic N) is 1. The summed E-state index contributed by atoms with van der Waals surface area (Å²) in [6.07, 6.45) is 9.83. The maximum atomic E-state index is 5.95. The Balaban J connectivity index is 1.86. The van der Waals surface area contributed by atoms with Crippen LogP contribution in [0.5, 0.6) is 0 Å². The average Bonchev–Trinajstić information content (AvgIpc) is 2.87. The van der Waals surface area contributed by atoms with Crippen LogP contribution in [0.25, 0.3) is 0 Å². The third-order valence-electron chi connectivity index (χ3n) is 4.76. The van der Waals surface area contributed by atoms with Crippen molar-refractivity contribution in [3.8, 4) is 0 Å². The first kappa shape index (κ1) is 13.4. The maximum absolute atomic E-state index is 5.95. The summed E-state index contributed by atoms with van der Waals surface area (Å²) in [5, 5.41) is 0. The molecule has 2 saturated carbocycles. The molecule has 0 bridgehead atoms. The number of nitrogens with two attached hydrogens (primary N) is 1. The predicted molar refractivity (Wildman–Crippen MR) is 74.0 cm³/mol. The molecule has 2 aliphatic carbocycles. The van der Waals surface area contributed by atoms with Gasteiger partial charge in [-0.25, -0.2) is 0 Å². The van der Waals surface area contributed by atoms with Crippen molar-refractivity contribution in [2.75, 3.05) is 19.6 Å². The van der Waals surface area contributed by atoms with Crippen LogP contribution in [0.2, 0.25) is 0 Å². The van der Waals surface area contributed by atoms with Gasteiger partial charge in [0.15, 0.2) is 0 Å². The van der Waals surface area contributed by atoms with Crippen molar-refractivity contribution in [3.05, 3.63) is 0 Å². The minimum Gasteiger partial charge on any atom is -0.330 e. The molecule has 0 unspecified atom stereocenters. The molecule has 0 aromatic rings. The molecule has 0 aromatic carbocycles. The summed E-state index contributed by atoms with van der Waals surface area (Å²) in [5.74, 6) is 0.826. The van der Waals surface area contributed by atoms with E-state index < -0.39 is 0 Å². The fraction of sp³-hybridized carbons (Fsp3) is 1.00. The molecular formula is C15H30N2. The lowest BCUT2D eigenvalue weighted by Crippen LogP contribution is -2.41. The lowest BCUT2D eigenvalue weighted by atomic mass is 10.0. The normalized spacial score (nSPS) is 23.8. The molecule has 0 aromatic heterocycles. The average molecular weight is 238 g/mol. The molecule has 17 heavy (non-hydrogen) atoms. The van der Waals surface area contributed by atoms with Crippen LogP contribution in [0.4, 0.5) is 0 Å². The van der Waals surface area contributed by atoms with Crippen LogP contribution in [-0.2, 0) is 0 Å². The molecule has 2 rings (SSSR count). The summed E-state index contributed by atoms with van der Waals surface area (Å²) in [4.78, 5) is 2.78. The zero-order valence-corrected chi connectivity index (χ0v) is 11.8. The van der Waals surface area contributed by atoms with E-state index in [-0.39, 0.29) is 0 Å². The molecule has 0 heterocycles. The molecular weight excluding hydrogens is 208 g/mol. The van der Waals surface area contributed by atoms with Crippen molar-refractivity contribution in [2.45, 2.75) is 64.8 Å². The first-order valence-corrected chi connectivity index (χ1v) is 7.59. The van der Waals surface area contributed by atoms with Gasteiger partial charge in [0.25, 0.3) is 0 Å². The van der Waals surface area contributed by atoms with Crippen molar-refractivity contribution in [2.24, 2.45) is 17.1 Å². The third kappa shape index (κ3) is 3.69. The second-order valence-corrected chi connectivity index (χ2v) is 6.80. The summed E-state index contributed by atoms with van der Waals surface area (Å²) < 4.78 is 0. The van der Waals surface area contributed by atoms with Gasteiger partial charge in [0, 0.05) is 12.6 Å². The van der Waals surface area contributed by atoms with Crippen LogP contribution >= 0.6 is 0 Å². The predicted octanol–water partition coefficient (Wildman–Crippen LogP) is 3.02. The number of hydrogen-bond donors (Lipinski definition) is 1. The summed E-state index contributed by atoms with van der Waals surface area (Å²) in [7, 11) is 0. The van der Waals surface area contributed by atoms with E-state index >= 15 is 0 Å². The molecule has 0 radical (unpaired) electrons. The highest BCUT2D eigenvalue weighted by molar-refractivity contribution is 4.97. The Kier molecular flexibility index (Phi) is 4.48. The Morgan fingerprint density at radius 2 is 1.88 bits per heavy atom. The summed E-state index contributed by atoms with van der Waals surface area (Å²) >= 11 is 0. The molecule has 100 valence electrons. The highest BCUT2D eigenvalue weighted by Crippen LogP contribution is 2.46. The van der Waals surface area contributed by atoms with Gasteiger partial charge in [-0.15, -0.1) is 0 Å². The minimum absolute atomic E-state index is 0.513. The van der Waals surface area contributed by atoms with E-state index in [2.05, 4.69) is 18.7 Å². The SMILES string of the molecule is CC(C)CCN(CC1(CN)CC1)C1CCCC1. The van der Waals surface area contributed by atoms with Crippen molar-refractivity contribution in [1.29, 1.82) is 0 Å². The number of rotatable bonds is 7. The zero-order chi connectivity index (χ0) is 12.3. The Labute approximate surface area is 107 Å². The Morgan fingerprint density at radius 3 is 2.35 bits per heavy atom. The van der Waals surface area contributed by atoms with Gasteiger partial charge in [0.05, 0.1) is 0 Å². The van der Waals surface area contributed by atoms with Gasteiger partial charge in [-0.2, -0.15) is 0 Å². The lowest BCUT2D eigenvalue weighted by molar-refractivity contribution is 0.153. The molecule has 2 N–H and O–H groups in total. The molecule has 2 fully saturated rings. The van der Waals surface area contributed by atoms with E-state index in [4.69, 9.17) is 5.73 Å². The van der Waals surface area contributed by atoms with Crippen LogP contribution in [-0.4, -0.2) is 30.6 Å². The molecule has 2 nitrogen and oxygen atoms in total. The topological polar surface area (TPSA) is 29.3 Å². The van der Waals surface area contributed by atoms with Gasteiger partial charge in [0.1, 0.15) is 0 Å². The summed E-state index contributed by atoms with van der Waals surface area (Å²) in [6.45, 7) is 8.15. The van der Waals surface area contributed by atoms with E-state index in [0.717, 1.165) is 18.5 Å². The Hall–Kier alpha value is -0.0800. The number of hydrogen-bond acceptors (Lipinski definition) is 2. The van der Waals surface area contributed by atoms with E-state index in [1.165, 1.54) is 58.0 Å². The van der Waals surface area contributed by atoms with E-state index in [0.29, 0.717) is 5.41 Å². The summed E-state index contributed by atoms with van der Waals surface area (Å²) in [6, 6.07) is 0.873. The van der Waals surface area contributed by atoms with E-state index in [1.54, 1.807) is 0 Å². The van der Waals surface area contributed by atoms with E-state index in [1.807, 2.05) is 0 Å². The Bertz CT molecular complexity index is 227. The smallest absolute Gasteiger partial charge is 0.00955 e. The largest absolute Gasteiger partial charge is 0.330 e. The van der Waals surface area contributed by atoms with Crippen molar-refractivity contribution < 1.29 is 0 Å². The van der Waals surface area contributed by atoms with Gasteiger partial charge < -0.3 is 5.73 Å². The summed E-state index contributed by atoms with van der Waals surface area (Å²) in [5.41, 5.74) is 6.46. The van der Waals surface area contributed by atoms with Crippen molar-refractivity contribution in [1.82, 2.24) is 4.90 Å². The van der Waals surface area contributed by atoms with Gasteiger partial charge in [-0.1, -0.05) is 26.7 Å². The third-order valence-corrected chi connectivity index (χ3v) is 4.76. The van der Waals surface area contributed by atoms with Crippen LogP contribution in [0.1, 0.15) is 58.8 Å². The highest BCUT2D eigenvalue weighted by Gasteiger charge is 2.43. The fourth-order valence-electron chi connectivity index (χ4n) is 3.12. The first-order chi connectivity index (χ1) is 8.15. The highest BCUT2D eigenvalue weighted by atomic mass is 15.2. The fourth-order valence-corrected chi connectivity index (χ4v) is 3.12. The molecule has 0 aliphatic heterocycles. The standard InChI is InChI=1S/C15H30N2/c1-13(2)7-10-17(14-5-3-4-6-14)12-15(11-16)8-9-15/h13-14H,3-12,16H2,1-2H3. The van der Waals surface area contributed by atoms with Crippen molar-refractivity contribution in [3.63, 3.8) is 0 Å². The van der Waals surface area contributed by atoms with Crippen LogP contribution < -0.4 is 5.73 Å². The van der Waals surface area contributed by atoms with Crippen LogP contribution in [0.15, 0.2) is 0 Å². The van der Waals surface area contributed by atoms with Gasteiger partial charge >= 0.3 is 0 Å². The van der Waals surface area contributed by atoms with E-state index in [9.17, 15) is 0 Å². The quantitative estimate of drug-likeness (QED) is 0.739. The molecule has 0 spiro atoms. The molecule has 2 heteroatoms. The molecule has 0 saturated heterocycles. The maximum Gasteiger partial charge on any atom is 0.00955 e. The van der Waals surface area contributed by atoms with Gasteiger partial charge in [-0.05, 0) is 56.5 Å². The van der Waals surface area contributed by atoms with Gasteiger partial charge in [-0.3, -0.25) is 4.90 Å². The molecule has 0 atom stereocenters. The first-order valence-electron chi connectivity index (χ1n) is 7.59. The van der Waals surface area contributed by atoms with Crippen molar-refractivity contribution >= 4 is 0 Å². The van der Waals surface area contributed by atoms with Gasteiger partial charge in [0.2, 0.25) is 0 Å². The lowest BCUT2D eigenvalue weighted by Gasteiger charge is -2.32. The zero-order valence-electron chi connectivity index (χ0n) is 11.8. The molecule has 0 amide bonds.